The fourth-order valence-electron chi connectivity index (χ4n) is 1.34. The summed E-state index contributed by atoms with van der Waals surface area (Å²) in [7, 11) is 0. The Balaban J connectivity index is 2.42. The highest BCUT2D eigenvalue weighted by Crippen LogP contribution is 2.29. The number of nitrogens with two attached hydrogens (primary N) is 1. The average molecular weight is 218 g/mol. The zero-order chi connectivity index (χ0) is 10.7. The zero-order valence-corrected chi connectivity index (χ0v) is 8.75. The summed E-state index contributed by atoms with van der Waals surface area (Å²) in [6.07, 6.45) is 0.629. The molecule has 1 amide bonds. The van der Waals surface area contributed by atoms with Crippen molar-refractivity contribution in [3.05, 3.63) is 35.7 Å². The number of rotatable bonds is 3. The highest BCUT2D eigenvalue weighted by molar-refractivity contribution is 7.13. The van der Waals surface area contributed by atoms with E-state index in [9.17, 15) is 4.79 Å². The monoisotopic (exact) mass is 218 g/mol. The molecule has 0 bridgehead atoms. The third-order valence-electron chi connectivity index (χ3n) is 2.07. The Morgan fingerprint density at radius 3 is 2.87 bits per heavy atom. The Kier molecular flexibility index (Phi) is 2.69. The summed E-state index contributed by atoms with van der Waals surface area (Å²) in [6, 6.07) is 9.62. The standard InChI is InChI=1S/C11H10N2OS/c12-9-4-3-8(6-10(9)13-7-14)11-2-1-5-15-11/h1-7H,12H2,(H,13,14). The molecule has 0 fully saturated rings. The van der Waals surface area contributed by atoms with E-state index in [2.05, 4.69) is 5.32 Å². The minimum Gasteiger partial charge on any atom is -0.397 e. The molecule has 0 aliphatic carbocycles. The summed E-state index contributed by atoms with van der Waals surface area (Å²) < 4.78 is 0. The molecule has 1 heterocycles. The van der Waals surface area contributed by atoms with Gasteiger partial charge in [-0.25, -0.2) is 0 Å². The predicted molar refractivity (Wildman–Crippen MR) is 63.9 cm³/mol. The molecular weight excluding hydrogens is 208 g/mol. The molecule has 0 aliphatic heterocycles. The molecule has 0 spiro atoms. The second kappa shape index (κ2) is 4.14. The second-order valence-electron chi connectivity index (χ2n) is 3.04. The minimum atomic E-state index is 0.572. The summed E-state index contributed by atoms with van der Waals surface area (Å²) in [5.74, 6) is 0. The average Bonchev–Trinajstić information content (AvgIpc) is 2.75. The number of nitrogens with one attached hydrogen (secondary N) is 1. The van der Waals surface area contributed by atoms with Gasteiger partial charge in [-0.3, -0.25) is 4.79 Å². The number of hydrogen-bond acceptors (Lipinski definition) is 3. The molecular formula is C11H10N2OS. The third-order valence-corrected chi connectivity index (χ3v) is 2.99. The van der Waals surface area contributed by atoms with Crippen LogP contribution in [0, 0.1) is 0 Å². The Morgan fingerprint density at radius 1 is 1.33 bits per heavy atom. The molecule has 0 aliphatic rings. The summed E-state index contributed by atoms with van der Waals surface area (Å²) in [4.78, 5) is 11.5. The lowest BCUT2D eigenvalue weighted by Gasteiger charge is -2.05. The van der Waals surface area contributed by atoms with Gasteiger partial charge in [-0.2, -0.15) is 0 Å². The molecule has 3 nitrogen and oxygen atoms in total. The molecule has 3 N–H and O–H groups in total. The van der Waals surface area contributed by atoms with Crippen LogP contribution in [-0.2, 0) is 4.79 Å². The summed E-state index contributed by atoms with van der Waals surface area (Å²) in [5.41, 5.74) is 7.99. The van der Waals surface area contributed by atoms with Gasteiger partial charge in [0.2, 0.25) is 6.41 Å². The maximum Gasteiger partial charge on any atom is 0.211 e. The lowest BCUT2D eigenvalue weighted by atomic mass is 10.1. The van der Waals surface area contributed by atoms with Crippen LogP contribution in [-0.4, -0.2) is 6.41 Å². The van der Waals surface area contributed by atoms with Crippen LogP contribution in [0.3, 0.4) is 0 Å². The molecule has 4 heteroatoms. The summed E-state index contributed by atoms with van der Waals surface area (Å²) in [6.45, 7) is 0. The van der Waals surface area contributed by atoms with Crippen LogP contribution in [0.5, 0.6) is 0 Å². The molecule has 2 aromatic rings. The van der Waals surface area contributed by atoms with Gasteiger partial charge in [0.25, 0.3) is 0 Å². The first-order chi connectivity index (χ1) is 7.31. The molecule has 0 unspecified atom stereocenters. The molecule has 1 aromatic carbocycles. The Hall–Kier alpha value is -1.81. The van der Waals surface area contributed by atoms with Crippen molar-refractivity contribution >= 4 is 29.1 Å². The fraction of sp³-hybridized carbons (Fsp3) is 0. The molecule has 1 aromatic heterocycles. The van der Waals surface area contributed by atoms with Crippen molar-refractivity contribution < 1.29 is 4.79 Å². The maximum atomic E-state index is 10.4. The van der Waals surface area contributed by atoms with Gasteiger partial charge in [0, 0.05) is 4.88 Å². The van der Waals surface area contributed by atoms with Crippen molar-refractivity contribution in [1.29, 1.82) is 0 Å². The first-order valence-electron chi connectivity index (χ1n) is 4.45. The van der Waals surface area contributed by atoms with E-state index < -0.39 is 0 Å². The third kappa shape index (κ3) is 1.99. The van der Waals surface area contributed by atoms with Crippen molar-refractivity contribution in [3.63, 3.8) is 0 Å². The van der Waals surface area contributed by atoms with Crippen molar-refractivity contribution in [2.24, 2.45) is 0 Å². The number of anilines is 2. The Bertz CT molecular complexity index is 465. The van der Waals surface area contributed by atoms with Gasteiger partial charge in [0.15, 0.2) is 0 Å². The number of amides is 1. The van der Waals surface area contributed by atoms with Crippen LogP contribution < -0.4 is 11.1 Å². The Morgan fingerprint density at radius 2 is 2.20 bits per heavy atom. The number of thiophene rings is 1. The summed E-state index contributed by atoms with van der Waals surface area (Å²) in [5, 5.41) is 4.59. The van der Waals surface area contributed by atoms with Gasteiger partial charge in [0.05, 0.1) is 11.4 Å². The molecule has 76 valence electrons. The number of carbonyl (C=O) groups excluding carboxylic acids is 1. The van der Waals surface area contributed by atoms with E-state index in [1.165, 1.54) is 0 Å². The van der Waals surface area contributed by atoms with Crippen LogP contribution in [0.15, 0.2) is 35.7 Å². The quantitative estimate of drug-likeness (QED) is 0.614. The van der Waals surface area contributed by atoms with Gasteiger partial charge < -0.3 is 11.1 Å². The van der Waals surface area contributed by atoms with E-state index >= 15 is 0 Å². The van der Waals surface area contributed by atoms with Gasteiger partial charge in [-0.05, 0) is 29.1 Å². The molecule has 0 atom stereocenters. The number of hydrogen-bond donors (Lipinski definition) is 2. The van der Waals surface area contributed by atoms with Crippen molar-refractivity contribution in [1.82, 2.24) is 0 Å². The Labute approximate surface area is 91.5 Å². The van der Waals surface area contributed by atoms with Crippen molar-refractivity contribution in [2.45, 2.75) is 0 Å². The number of carbonyl (C=O) groups is 1. The molecule has 0 saturated carbocycles. The van der Waals surface area contributed by atoms with Crippen LogP contribution in [0.2, 0.25) is 0 Å². The van der Waals surface area contributed by atoms with E-state index in [1.807, 2.05) is 29.6 Å². The molecule has 15 heavy (non-hydrogen) atoms. The summed E-state index contributed by atoms with van der Waals surface area (Å²) >= 11 is 1.65. The fourth-order valence-corrected chi connectivity index (χ4v) is 2.06. The minimum absolute atomic E-state index is 0.572. The van der Waals surface area contributed by atoms with Crippen LogP contribution in [0.25, 0.3) is 10.4 Å². The van der Waals surface area contributed by atoms with Gasteiger partial charge in [0.1, 0.15) is 0 Å². The molecule has 2 rings (SSSR count). The lowest BCUT2D eigenvalue weighted by molar-refractivity contribution is -0.105. The highest BCUT2D eigenvalue weighted by atomic mass is 32.1. The van der Waals surface area contributed by atoms with E-state index in [4.69, 9.17) is 5.73 Å². The molecule has 0 radical (unpaired) electrons. The predicted octanol–water partition coefficient (Wildman–Crippen LogP) is 2.57. The normalized spacial score (nSPS) is 9.87. The SMILES string of the molecule is Nc1ccc(-c2cccs2)cc1NC=O. The maximum absolute atomic E-state index is 10.4. The topological polar surface area (TPSA) is 55.1 Å². The number of nitrogen functional groups attached to an aromatic ring is 1. The smallest absolute Gasteiger partial charge is 0.211 e. The van der Waals surface area contributed by atoms with Crippen molar-refractivity contribution in [3.8, 4) is 10.4 Å². The number of benzene rings is 1. The van der Waals surface area contributed by atoms with E-state index in [0.717, 1.165) is 10.4 Å². The van der Waals surface area contributed by atoms with Crippen LogP contribution >= 0.6 is 11.3 Å². The van der Waals surface area contributed by atoms with Gasteiger partial charge in [-0.1, -0.05) is 12.1 Å². The second-order valence-corrected chi connectivity index (χ2v) is 3.99. The largest absolute Gasteiger partial charge is 0.397 e. The first-order valence-corrected chi connectivity index (χ1v) is 5.33. The van der Waals surface area contributed by atoms with E-state index in [0.29, 0.717) is 17.8 Å². The van der Waals surface area contributed by atoms with Crippen molar-refractivity contribution in [2.75, 3.05) is 11.1 Å². The van der Waals surface area contributed by atoms with Crippen LogP contribution in [0.4, 0.5) is 11.4 Å². The van der Waals surface area contributed by atoms with Gasteiger partial charge >= 0.3 is 0 Å². The molecule has 0 saturated heterocycles. The highest BCUT2D eigenvalue weighted by Gasteiger charge is 2.02. The van der Waals surface area contributed by atoms with E-state index in [-0.39, 0.29) is 0 Å². The van der Waals surface area contributed by atoms with E-state index in [1.54, 1.807) is 17.4 Å². The van der Waals surface area contributed by atoms with Crippen LogP contribution in [0.1, 0.15) is 0 Å². The first kappa shape index (κ1) is 9.73. The lowest BCUT2D eigenvalue weighted by Crippen LogP contribution is -1.98. The van der Waals surface area contributed by atoms with Gasteiger partial charge in [-0.15, -0.1) is 11.3 Å². The zero-order valence-electron chi connectivity index (χ0n) is 7.94.